The summed E-state index contributed by atoms with van der Waals surface area (Å²) in [6.07, 6.45) is 16.1. The van der Waals surface area contributed by atoms with Gasteiger partial charge in [-0.25, -0.2) is 0 Å². The van der Waals surface area contributed by atoms with Crippen LogP contribution in [0.1, 0.15) is 81.9 Å². The van der Waals surface area contributed by atoms with Crippen molar-refractivity contribution in [2.75, 3.05) is 0 Å². The largest absolute Gasteiger partial charge is 0.0648 e. The van der Waals surface area contributed by atoms with Gasteiger partial charge in [-0.1, -0.05) is 100 Å². The third kappa shape index (κ3) is 3.91. The normalized spacial score (nSPS) is 18.7. The van der Waals surface area contributed by atoms with Crippen molar-refractivity contribution in [1.29, 1.82) is 0 Å². The van der Waals surface area contributed by atoms with Crippen molar-refractivity contribution >= 4 is 6.08 Å². The number of benzene rings is 2. The quantitative estimate of drug-likeness (QED) is 0.475. The molecule has 0 radical (unpaired) electrons. The van der Waals surface area contributed by atoms with Gasteiger partial charge in [0.05, 0.1) is 0 Å². The summed E-state index contributed by atoms with van der Waals surface area (Å²) in [4.78, 5) is 0. The lowest BCUT2D eigenvalue weighted by atomic mass is 9.73. The highest BCUT2D eigenvalue weighted by Gasteiger charge is 2.31. The van der Waals surface area contributed by atoms with Gasteiger partial charge in [0.2, 0.25) is 0 Å². The number of hydrogen-bond acceptors (Lipinski definition) is 0. The number of fused-ring (bicyclic) bond motifs is 1. The molecule has 1 saturated carbocycles. The van der Waals surface area contributed by atoms with E-state index in [2.05, 4.69) is 62.4 Å². The third-order valence-corrected chi connectivity index (χ3v) is 7.15. The topological polar surface area (TPSA) is 0 Å². The molecule has 0 heterocycles. The van der Waals surface area contributed by atoms with Crippen LogP contribution in [0.15, 0.2) is 48.0 Å². The average molecular weight is 359 g/mol. The monoisotopic (exact) mass is 358 g/mol. The predicted molar refractivity (Wildman–Crippen MR) is 118 cm³/mol. The van der Waals surface area contributed by atoms with Crippen LogP contribution in [0.4, 0.5) is 0 Å². The van der Waals surface area contributed by atoms with Gasteiger partial charge in [-0.15, -0.1) is 0 Å². The van der Waals surface area contributed by atoms with E-state index < -0.39 is 0 Å². The molecule has 0 N–H and O–H groups in total. The van der Waals surface area contributed by atoms with E-state index in [1.165, 1.54) is 79.2 Å². The molecule has 0 bridgehead atoms. The molecule has 0 aliphatic heterocycles. The summed E-state index contributed by atoms with van der Waals surface area (Å²) in [6, 6.07) is 16.1. The zero-order chi connectivity index (χ0) is 18.7. The van der Waals surface area contributed by atoms with Crippen LogP contribution in [0.5, 0.6) is 0 Å². The van der Waals surface area contributed by atoms with E-state index >= 15 is 0 Å². The second-order valence-electron chi connectivity index (χ2n) is 8.85. The Bertz CT molecular complexity index is 798. The molecule has 2 aromatic carbocycles. The molecule has 0 aromatic heterocycles. The second-order valence-corrected chi connectivity index (χ2v) is 8.85. The highest BCUT2D eigenvalue weighted by Crippen LogP contribution is 2.46. The maximum Gasteiger partial charge on any atom is -0.00574 e. The molecule has 0 unspecified atom stereocenters. The molecule has 142 valence electrons. The molecule has 0 saturated heterocycles. The molecule has 4 rings (SSSR count). The van der Waals surface area contributed by atoms with E-state index in [1.54, 1.807) is 5.57 Å². The lowest BCUT2D eigenvalue weighted by Crippen LogP contribution is -2.19. The average Bonchev–Trinajstić information content (AvgIpc) is 2.97. The van der Waals surface area contributed by atoms with Gasteiger partial charge in [-0.2, -0.15) is 0 Å². The number of aryl methyl sites for hydroxylation is 1. The molecular formula is C27H34. The van der Waals surface area contributed by atoms with Crippen molar-refractivity contribution in [3.05, 3.63) is 64.7 Å². The van der Waals surface area contributed by atoms with Crippen LogP contribution < -0.4 is 0 Å². The number of allylic oxidation sites excluding steroid dienone is 1. The van der Waals surface area contributed by atoms with E-state index in [-0.39, 0.29) is 0 Å². The van der Waals surface area contributed by atoms with Gasteiger partial charge in [-0.05, 0) is 65.3 Å². The number of rotatable bonds is 5. The molecule has 27 heavy (non-hydrogen) atoms. The predicted octanol–water partition coefficient (Wildman–Crippen LogP) is 8.00. The summed E-state index contributed by atoms with van der Waals surface area (Å²) < 4.78 is 0. The van der Waals surface area contributed by atoms with Crippen molar-refractivity contribution in [2.45, 2.75) is 78.1 Å². The van der Waals surface area contributed by atoms with Gasteiger partial charge in [0.1, 0.15) is 0 Å². The van der Waals surface area contributed by atoms with Crippen LogP contribution in [0.3, 0.4) is 0 Å². The van der Waals surface area contributed by atoms with Crippen LogP contribution in [0.2, 0.25) is 0 Å². The second kappa shape index (κ2) is 8.05. The Labute approximate surface area is 165 Å². The van der Waals surface area contributed by atoms with E-state index in [1.807, 2.05) is 0 Å². The molecule has 2 aliphatic rings. The first kappa shape index (κ1) is 18.5. The Morgan fingerprint density at radius 2 is 1.59 bits per heavy atom. The molecule has 2 aliphatic carbocycles. The standard InChI is InChI=1S/C27H34/c1-3-21-12-14-23(15-13-21)25-11-9-10-24-18-22(19-26(24)25)20-27(4-2)16-7-5-6-8-17-27/h9-15,19H,3-8,16-18,20H2,1-2H3. The maximum absolute atomic E-state index is 2.54. The van der Waals surface area contributed by atoms with Gasteiger partial charge in [0.15, 0.2) is 0 Å². The van der Waals surface area contributed by atoms with Crippen LogP contribution in [0.25, 0.3) is 17.2 Å². The fourth-order valence-electron chi connectivity index (χ4n) is 5.34. The highest BCUT2D eigenvalue weighted by atomic mass is 14.4. The van der Waals surface area contributed by atoms with Crippen molar-refractivity contribution in [2.24, 2.45) is 5.41 Å². The molecule has 0 heteroatoms. The smallest absolute Gasteiger partial charge is 0.00574 e. The summed E-state index contributed by atoms with van der Waals surface area (Å²) >= 11 is 0. The Morgan fingerprint density at radius 3 is 2.26 bits per heavy atom. The zero-order valence-corrected chi connectivity index (χ0v) is 17.2. The fraction of sp³-hybridized carbons (Fsp3) is 0.481. The lowest BCUT2D eigenvalue weighted by Gasteiger charge is -2.32. The van der Waals surface area contributed by atoms with Gasteiger partial charge < -0.3 is 0 Å². The van der Waals surface area contributed by atoms with Gasteiger partial charge >= 0.3 is 0 Å². The van der Waals surface area contributed by atoms with Gasteiger partial charge in [-0.3, -0.25) is 0 Å². The minimum Gasteiger partial charge on any atom is -0.0648 e. The Hall–Kier alpha value is -1.82. The summed E-state index contributed by atoms with van der Waals surface area (Å²) in [5, 5.41) is 0. The zero-order valence-electron chi connectivity index (χ0n) is 17.2. The lowest BCUT2D eigenvalue weighted by molar-refractivity contribution is 0.230. The van der Waals surface area contributed by atoms with E-state index in [0.29, 0.717) is 5.41 Å². The maximum atomic E-state index is 2.54. The van der Waals surface area contributed by atoms with E-state index in [9.17, 15) is 0 Å². The molecule has 0 atom stereocenters. The Morgan fingerprint density at radius 1 is 0.852 bits per heavy atom. The van der Waals surface area contributed by atoms with Crippen LogP contribution in [0, 0.1) is 5.41 Å². The molecule has 0 spiro atoms. The molecule has 0 nitrogen and oxygen atoms in total. The summed E-state index contributed by atoms with van der Waals surface area (Å²) in [6.45, 7) is 4.65. The summed E-state index contributed by atoms with van der Waals surface area (Å²) in [5.74, 6) is 0. The SMILES string of the molecule is CCc1ccc(-c2cccc3c2C=C(CC2(CC)CCCCCC2)C3)cc1. The third-order valence-electron chi connectivity index (χ3n) is 7.15. The Kier molecular flexibility index (Phi) is 5.53. The first-order chi connectivity index (χ1) is 13.2. The van der Waals surface area contributed by atoms with Gasteiger partial charge in [0.25, 0.3) is 0 Å². The molecule has 1 fully saturated rings. The van der Waals surface area contributed by atoms with Crippen LogP contribution in [-0.2, 0) is 12.8 Å². The van der Waals surface area contributed by atoms with Crippen molar-refractivity contribution in [3.8, 4) is 11.1 Å². The van der Waals surface area contributed by atoms with Crippen molar-refractivity contribution in [3.63, 3.8) is 0 Å². The van der Waals surface area contributed by atoms with Crippen LogP contribution in [-0.4, -0.2) is 0 Å². The first-order valence-corrected chi connectivity index (χ1v) is 11.1. The fourth-order valence-corrected chi connectivity index (χ4v) is 5.34. The van der Waals surface area contributed by atoms with E-state index in [4.69, 9.17) is 0 Å². The summed E-state index contributed by atoms with van der Waals surface area (Å²) in [7, 11) is 0. The van der Waals surface area contributed by atoms with Crippen molar-refractivity contribution in [1.82, 2.24) is 0 Å². The molecular weight excluding hydrogens is 324 g/mol. The number of hydrogen-bond donors (Lipinski definition) is 0. The summed E-state index contributed by atoms with van der Waals surface area (Å²) in [5.41, 5.74) is 9.44. The minimum absolute atomic E-state index is 0.563. The van der Waals surface area contributed by atoms with Crippen LogP contribution >= 0.6 is 0 Å². The first-order valence-electron chi connectivity index (χ1n) is 11.1. The molecule has 2 aromatic rings. The van der Waals surface area contributed by atoms with Gasteiger partial charge in [0, 0.05) is 0 Å². The minimum atomic E-state index is 0.563. The van der Waals surface area contributed by atoms with Crippen molar-refractivity contribution < 1.29 is 0 Å². The Balaban J connectivity index is 1.61. The molecule has 0 amide bonds. The highest BCUT2D eigenvalue weighted by molar-refractivity contribution is 5.80. The van der Waals surface area contributed by atoms with E-state index in [0.717, 1.165) is 12.8 Å².